The van der Waals surface area contributed by atoms with Crippen molar-refractivity contribution in [1.82, 2.24) is 0 Å². The van der Waals surface area contributed by atoms with Gasteiger partial charge in [-0.3, -0.25) is 4.72 Å². The fourth-order valence-corrected chi connectivity index (χ4v) is 2.37. The summed E-state index contributed by atoms with van der Waals surface area (Å²) in [6.45, 7) is 1.71. The number of hydrogen-bond acceptors (Lipinski definition) is 4. The van der Waals surface area contributed by atoms with Crippen molar-refractivity contribution in [2.75, 3.05) is 11.3 Å². The molecule has 0 heterocycles. The Hall–Kier alpha value is -1.45. The van der Waals surface area contributed by atoms with Crippen LogP contribution in [-0.2, 0) is 14.9 Å². The standard InChI is InChI=1S/C13H13Cl2F3N2O3S/c1-2-11(19-23-7-3-6-14)10-8-9(15)4-5-12(10)20-24(21,22)13(16,17)18/h3-6,8,20H,2,7H2,1H3/b6-3-,19-11+. The predicted octanol–water partition coefficient (Wildman–Crippen LogP) is 4.48. The largest absolute Gasteiger partial charge is 0.516 e. The molecular formula is C13H13Cl2F3N2O3S. The highest BCUT2D eigenvalue weighted by Gasteiger charge is 2.46. The Morgan fingerprint density at radius 2 is 2.08 bits per heavy atom. The molecule has 0 aliphatic heterocycles. The molecule has 0 aromatic heterocycles. The maximum Gasteiger partial charge on any atom is 0.516 e. The van der Waals surface area contributed by atoms with Crippen molar-refractivity contribution >= 4 is 44.6 Å². The summed E-state index contributed by atoms with van der Waals surface area (Å²) in [5.41, 5.74) is -4.26. The van der Waals surface area contributed by atoms with Crippen LogP contribution in [-0.4, -0.2) is 26.2 Å². The number of halogens is 5. The Kier molecular flexibility index (Phi) is 7.37. The molecule has 1 aromatic rings. The average Bonchev–Trinajstić information content (AvgIpc) is 2.48. The van der Waals surface area contributed by atoms with E-state index < -0.39 is 15.5 Å². The number of rotatable bonds is 7. The van der Waals surface area contributed by atoms with E-state index in [9.17, 15) is 21.6 Å². The zero-order valence-corrected chi connectivity index (χ0v) is 14.6. The minimum atomic E-state index is -5.57. The van der Waals surface area contributed by atoms with Crippen LogP contribution in [0.5, 0.6) is 0 Å². The number of benzene rings is 1. The topological polar surface area (TPSA) is 67.8 Å². The normalized spacial score (nSPS) is 13.3. The van der Waals surface area contributed by atoms with E-state index in [1.807, 2.05) is 0 Å². The van der Waals surface area contributed by atoms with Crippen LogP contribution >= 0.6 is 23.2 Å². The summed E-state index contributed by atoms with van der Waals surface area (Å²) in [6, 6.07) is 3.66. The first-order valence-corrected chi connectivity index (χ1v) is 8.75. The number of anilines is 1. The molecule has 11 heteroatoms. The monoisotopic (exact) mass is 404 g/mol. The van der Waals surface area contributed by atoms with Gasteiger partial charge in [0.2, 0.25) is 0 Å². The molecule has 24 heavy (non-hydrogen) atoms. The van der Waals surface area contributed by atoms with Crippen LogP contribution in [0, 0.1) is 0 Å². The Balaban J connectivity index is 3.25. The van der Waals surface area contributed by atoms with Crippen LogP contribution in [0.2, 0.25) is 5.02 Å². The third-order valence-electron chi connectivity index (χ3n) is 2.61. The molecular weight excluding hydrogens is 392 g/mol. The third kappa shape index (κ3) is 5.57. The van der Waals surface area contributed by atoms with Crippen molar-refractivity contribution in [2.45, 2.75) is 18.9 Å². The zero-order valence-electron chi connectivity index (χ0n) is 12.3. The fraction of sp³-hybridized carbons (Fsp3) is 0.308. The summed E-state index contributed by atoms with van der Waals surface area (Å²) in [6.07, 6.45) is 1.70. The van der Waals surface area contributed by atoms with Crippen molar-refractivity contribution in [3.63, 3.8) is 0 Å². The quantitative estimate of drug-likeness (QED) is 0.413. The van der Waals surface area contributed by atoms with Gasteiger partial charge in [-0.2, -0.15) is 21.6 Å². The molecule has 0 amide bonds. The maximum atomic E-state index is 12.5. The Labute approximate surface area is 147 Å². The molecule has 0 unspecified atom stereocenters. The molecule has 1 rings (SSSR count). The number of hydrogen-bond donors (Lipinski definition) is 1. The van der Waals surface area contributed by atoms with Crippen molar-refractivity contribution < 1.29 is 26.4 Å². The van der Waals surface area contributed by atoms with Crippen LogP contribution in [0.3, 0.4) is 0 Å². The van der Waals surface area contributed by atoms with Gasteiger partial charge in [-0.25, -0.2) is 0 Å². The molecule has 0 aliphatic rings. The fourth-order valence-electron chi connectivity index (χ4n) is 1.55. The second-order valence-corrected chi connectivity index (χ2v) is 6.65. The molecule has 0 atom stereocenters. The van der Waals surface area contributed by atoms with Gasteiger partial charge in [0.1, 0.15) is 6.61 Å². The van der Waals surface area contributed by atoms with E-state index in [1.165, 1.54) is 28.5 Å². The smallest absolute Gasteiger partial charge is 0.391 e. The summed E-state index contributed by atoms with van der Waals surface area (Å²) >= 11 is 11.2. The average molecular weight is 405 g/mol. The first-order valence-electron chi connectivity index (χ1n) is 6.45. The summed E-state index contributed by atoms with van der Waals surface area (Å²) in [5, 5.41) is 3.97. The minimum absolute atomic E-state index is 0.0389. The van der Waals surface area contributed by atoms with Crippen LogP contribution in [0.1, 0.15) is 18.9 Å². The lowest BCUT2D eigenvalue weighted by Gasteiger charge is -2.15. The Morgan fingerprint density at radius 3 is 2.62 bits per heavy atom. The van der Waals surface area contributed by atoms with Crippen LogP contribution in [0.15, 0.2) is 35.0 Å². The number of nitrogens with zero attached hydrogens (tertiary/aromatic N) is 1. The lowest BCUT2D eigenvalue weighted by molar-refractivity contribution is -0.0429. The van der Waals surface area contributed by atoms with Gasteiger partial charge in [0.15, 0.2) is 0 Å². The number of nitrogens with one attached hydrogen (secondary N) is 1. The second-order valence-electron chi connectivity index (χ2n) is 4.29. The van der Waals surface area contributed by atoms with Crippen LogP contribution in [0.4, 0.5) is 18.9 Å². The van der Waals surface area contributed by atoms with E-state index >= 15 is 0 Å². The highest BCUT2D eigenvalue weighted by atomic mass is 35.5. The Morgan fingerprint density at radius 1 is 1.42 bits per heavy atom. The Bertz CT molecular complexity index is 734. The molecule has 134 valence electrons. The molecule has 0 spiro atoms. The zero-order chi connectivity index (χ0) is 18.4. The molecule has 0 radical (unpaired) electrons. The number of sulfonamides is 1. The summed E-state index contributed by atoms with van der Waals surface area (Å²) in [7, 11) is -5.57. The van der Waals surface area contributed by atoms with Gasteiger partial charge < -0.3 is 4.84 Å². The molecule has 0 bridgehead atoms. The first kappa shape index (κ1) is 20.6. The van der Waals surface area contributed by atoms with Gasteiger partial charge in [-0.1, -0.05) is 35.3 Å². The maximum absolute atomic E-state index is 12.5. The van der Waals surface area contributed by atoms with Gasteiger partial charge in [-0.15, -0.1) is 0 Å². The lowest BCUT2D eigenvalue weighted by Crippen LogP contribution is -2.30. The van der Waals surface area contributed by atoms with Gasteiger partial charge in [0, 0.05) is 16.1 Å². The highest BCUT2D eigenvalue weighted by Crippen LogP contribution is 2.29. The van der Waals surface area contributed by atoms with E-state index in [0.717, 1.165) is 6.07 Å². The SMILES string of the molecule is CC/C(=N\OC/C=C\Cl)c1cc(Cl)ccc1NS(=O)(=O)C(F)(F)F. The lowest BCUT2D eigenvalue weighted by atomic mass is 10.1. The van der Waals surface area contributed by atoms with Crippen molar-refractivity contribution in [1.29, 1.82) is 0 Å². The van der Waals surface area contributed by atoms with Crippen molar-refractivity contribution in [3.8, 4) is 0 Å². The predicted molar refractivity (Wildman–Crippen MR) is 87.8 cm³/mol. The second kappa shape index (κ2) is 8.59. The van der Waals surface area contributed by atoms with Gasteiger partial charge >= 0.3 is 15.5 Å². The summed E-state index contributed by atoms with van der Waals surface area (Å²) in [5.74, 6) is 0. The van der Waals surface area contributed by atoms with E-state index in [4.69, 9.17) is 28.0 Å². The van der Waals surface area contributed by atoms with E-state index in [1.54, 1.807) is 6.92 Å². The minimum Gasteiger partial charge on any atom is -0.391 e. The van der Waals surface area contributed by atoms with Crippen LogP contribution in [0.25, 0.3) is 0 Å². The van der Waals surface area contributed by atoms with Gasteiger partial charge in [-0.05, 0) is 30.7 Å². The highest BCUT2D eigenvalue weighted by molar-refractivity contribution is 7.93. The third-order valence-corrected chi connectivity index (χ3v) is 4.12. The molecule has 5 nitrogen and oxygen atoms in total. The van der Waals surface area contributed by atoms with E-state index in [2.05, 4.69) is 5.16 Å². The number of oxime groups is 1. The molecule has 0 saturated carbocycles. The van der Waals surface area contributed by atoms with Gasteiger partial charge in [0.05, 0.1) is 11.4 Å². The molecule has 1 aromatic carbocycles. The molecule has 1 N–H and O–H groups in total. The van der Waals surface area contributed by atoms with Crippen molar-refractivity contribution in [2.24, 2.45) is 5.16 Å². The van der Waals surface area contributed by atoms with E-state index in [-0.39, 0.29) is 35.0 Å². The molecule has 0 aliphatic carbocycles. The van der Waals surface area contributed by atoms with Gasteiger partial charge in [0.25, 0.3) is 0 Å². The first-order chi connectivity index (χ1) is 11.1. The number of alkyl halides is 3. The van der Waals surface area contributed by atoms with Crippen LogP contribution < -0.4 is 4.72 Å². The summed E-state index contributed by atoms with van der Waals surface area (Å²) in [4.78, 5) is 4.95. The molecule has 0 saturated heterocycles. The molecule has 0 fully saturated rings. The van der Waals surface area contributed by atoms with E-state index in [0.29, 0.717) is 0 Å². The van der Waals surface area contributed by atoms with Crippen molar-refractivity contribution in [3.05, 3.63) is 40.4 Å². The summed E-state index contributed by atoms with van der Waals surface area (Å²) < 4.78 is 61.7.